The van der Waals surface area contributed by atoms with E-state index in [9.17, 15) is 9.59 Å². The SMILES string of the molecule is Cc1ccc(Cl)cc1NCC(=O)NC(=O)NCc1ccccc1. The normalized spacial score (nSPS) is 10.0. The predicted octanol–water partition coefficient (Wildman–Crippen LogP) is 3.09. The van der Waals surface area contributed by atoms with E-state index < -0.39 is 11.9 Å². The molecular weight excluding hydrogens is 314 g/mol. The monoisotopic (exact) mass is 331 g/mol. The van der Waals surface area contributed by atoms with Gasteiger partial charge < -0.3 is 10.6 Å². The first kappa shape index (κ1) is 16.8. The Labute approximate surface area is 140 Å². The van der Waals surface area contributed by atoms with Crippen LogP contribution in [0, 0.1) is 6.92 Å². The van der Waals surface area contributed by atoms with Crippen LogP contribution in [-0.2, 0) is 11.3 Å². The van der Waals surface area contributed by atoms with E-state index in [0.29, 0.717) is 11.6 Å². The molecule has 0 saturated heterocycles. The van der Waals surface area contributed by atoms with E-state index in [4.69, 9.17) is 11.6 Å². The first-order valence-corrected chi connectivity index (χ1v) is 7.54. The number of benzene rings is 2. The van der Waals surface area contributed by atoms with Gasteiger partial charge in [-0.3, -0.25) is 10.1 Å². The van der Waals surface area contributed by atoms with E-state index in [2.05, 4.69) is 16.0 Å². The smallest absolute Gasteiger partial charge is 0.321 e. The third-order valence-electron chi connectivity index (χ3n) is 3.19. The third kappa shape index (κ3) is 5.64. The highest BCUT2D eigenvalue weighted by Gasteiger charge is 2.08. The summed E-state index contributed by atoms with van der Waals surface area (Å²) in [6.07, 6.45) is 0. The summed E-state index contributed by atoms with van der Waals surface area (Å²) in [5.74, 6) is -0.421. The Morgan fingerprint density at radius 2 is 1.83 bits per heavy atom. The molecule has 0 heterocycles. The minimum absolute atomic E-state index is 0.0139. The van der Waals surface area contributed by atoms with E-state index in [1.165, 1.54) is 0 Å². The molecule has 0 saturated carbocycles. The summed E-state index contributed by atoms with van der Waals surface area (Å²) in [6, 6.07) is 14.3. The van der Waals surface area contributed by atoms with Gasteiger partial charge in [0.1, 0.15) is 0 Å². The fourth-order valence-corrected chi connectivity index (χ4v) is 2.13. The molecular formula is C17H18ClN3O2. The van der Waals surface area contributed by atoms with Crippen LogP contribution in [0.2, 0.25) is 5.02 Å². The zero-order valence-corrected chi connectivity index (χ0v) is 13.5. The largest absolute Gasteiger partial charge is 0.376 e. The van der Waals surface area contributed by atoms with Crippen LogP contribution in [0.25, 0.3) is 0 Å². The summed E-state index contributed by atoms with van der Waals surface area (Å²) in [5, 5.41) is 8.44. The molecule has 120 valence electrons. The van der Waals surface area contributed by atoms with E-state index >= 15 is 0 Å². The molecule has 3 N–H and O–H groups in total. The first-order valence-electron chi connectivity index (χ1n) is 7.16. The van der Waals surface area contributed by atoms with Crippen LogP contribution in [0.15, 0.2) is 48.5 Å². The minimum atomic E-state index is -0.525. The van der Waals surface area contributed by atoms with Crippen molar-refractivity contribution in [1.82, 2.24) is 10.6 Å². The number of aryl methyl sites for hydroxylation is 1. The molecule has 0 aliphatic heterocycles. The highest BCUT2D eigenvalue weighted by Crippen LogP contribution is 2.19. The lowest BCUT2D eigenvalue weighted by molar-refractivity contribution is -0.118. The van der Waals surface area contributed by atoms with Gasteiger partial charge in [0.2, 0.25) is 5.91 Å². The number of carbonyl (C=O) groups is 2. The molecule has 5 nitrogen and oxygen atoms in total. The molecule has 3 amide bonds. The van der Waals surface area contributed by atoms with Crippen molar-refractivity contribution < 1.29 is 9.59 Å². The van der Waals surface area contributed by atoms with Gasteiger partial charge in [-0.2, -0.15) is 0 Å². The van der Waals surface area contributed by atoms with E-state index in [1.807, 2.05) is 43.3 Å². The lowest BCUT2D eigenvalue weighted by Crippen LogP contribution is -2.41. The number of anilines is 1. The standard InChI is InChI=1S/C17H18ClN3O2/c1-12-7-8-14(18)9-15(12)19-11-16(22)21-17(23)20-10-13-5-3-2-4-6-13/h2-9,19H,10-11H2,1H3,(H2,20,21,22,23). The van der Waals surface area contributed by atoms with Gasteiger partial charge in [-0.1, -0.05) is 48.0 Å². The molecule has 2 rings (SSSR count). The quantitative estimate of drug-likeness (QED) is 0.788. The molecule has 0 spiro atoms. The van der Waals surface area contributed by atoms with Gasteiger partial charge >= 0.3 is 6.03 Å². The van der Waals surface area contributed by atoms with Gasteiger partial charge in [-0.15, -0.1) is 0 Å². The summed E-state index contributed by atoms with van der Waals surface area (Å²) < 4.78 is 0. The van der Waals surface area contributed by atoms with Crippen molar-refractivity contribution in [1.29, 1.82) is 0 Å². The van der Waals surface area contributed by atoms with Crippen molar-refractivity contribution in [3.05, 3.63) is 64.7 Å². The zero-order chi connectivity index (χ0) is 16.7. The second-order valence-corrected chi connectivity index (χ2v) is 5.47. The van der Waals surface area contributed by atoms with Crippen LogP contribution < -0.4 is 16.0 Å². The summed E-state index contributed by atoms with van der Waals surface area (Å²) in [7, 11) is 0. The van der Waals surface area contributed by atoms with Crippen molar-refractivity contribution in [2.45, 2.75) is 13.5 Å². The van der Waals surface area contributed by atoms with Crippen molar-refractivity contribution in [2.24, 2.45) is 0 Å². The Kier molecular flexibility index (Phi) is 6.00. The van der Waals surface area contributed by atoms with Crippen LogP contribution in [0.5, 0.6) is 0 Å². The predicted molar refractivity (Wildman–Crippen MR) is 91.5 cm³/mol. The maximum absolute atomic E-state index is 11.8. The molecule has 0 aromatic heterocycles. The molecule has 0 unspecified atom stereocenters. The van der Waals surface area contributed by atoms with Gasteiger partial charge in [0.05, 0.1) is 6.54 Å². The molecule has 0 fully saturated rings. The number of imide groups is 1. The fourth-order valence-electron chi connectivity index (χ4n) is 1.95. The van der Waals surface area contributed by atoms with Crippen molar-refractivity contribution in [2.75, 3.05) is 11.9 Å². The number of rotatable bonds is 5. The van der Waals surface area contributed by atoms with E-state index in [0.717, 1.165) is 16.8 Å². The molecule has 2 aromatic rings. The topological polar surface area (TPSA) is 70.2 Å². The molecule has 0 aliphatic carbocycles. The maximum Gasteiger partial charge on any atom is 0.321 e. The van der Waals surface area contributed by atoms with Crippen LogP contribution in [0.3, 0.4) is 0 Å². The number of amides is 3. The van der Waals surface area contributed by atoms with E-state index in [1.54, 1.807) is 12.1 Å². The Morgan fingerprint density at radius 3 is 2.57 bits per heavy atom. The van der Waals surface area contributed by atoms with Gasteiger partial charge in [-0.25, -0.2) is 4.79 Å². The van der Waals surface area contributed by atoms with Gasteiger partial charge in [0, 0.05) is 17.3 Å². The van der Waals surface area contributed by atoms with Crippen molar-refractivity contribution in [3.63, 3.8) is 0 Å². The number of carbonyl (C=O) groups excluding carboxylic acids is 2. The van der Waals surface area contributed by atoms with Crippen molar-refractivity contribution >= 4 is 29.2 Å². The molecule has 2 aromatic carbocycles. The summed E-state index contributed by atoms with van der Waals surface area (Å²) in [6.45, 7) is 2.25. The Bertz CT molecular complexity index is 689. The van der Waals surface area contributed by atoms with Crippen LogP contribution in [-0.4, -0.2) is 18.5 Å². The molecule has 6 heteroatoms. The zero-order valence-electron chi connectivity index (χ0n) is 12.7. The second-order valence-electron chi connectivity index (χ2n) is 5.03. The van der Waals surface area contributed by atoms with Crippen LogP contribution in [0.4, 0.5) is 10.5 Å². The highest BCUT2D eigenvalue weighted by atomic mass is 35.5. The molecule has 0 aliphatic rings. The average molecular weight is 332 g/mol. The fraction of sp³-hybridized carbons (Fsp3) is 0.176. The lowest BCUT2D eigenvalue weighted by atomic mass is 10.2. The maximum atomic E-state index is 11.8. The van der Waals surface area contributed by atoms with Gasteiger partial charge in [-0.05, 0) is 30.2 Å². The molecule has 0 atom stereocenters. The average Bonchev–Trinajstić information content (AvgIpc) is 2.55. The number of urea groups is 1. The Balaban J connectivity index is 1.76. The summed E-state index contributed by atoms with van der Waals surface area (Å²) >= 11 is 5.91. The highest BCUT2D eigenvalue weighted by molar-refractivity contribution is 6.30. The lowest BCUT2D eigenvalue weighted by Gasteiger charge is -2.10. The van der Waals surface area contributed by atoms with Crippen LogP contribution >= 0.6 is 11.6 Å². The first-order chi connectivity index (χ1) is 11.0. The Morgan fingerprint density at radius 1 is 1.09 bits per heavy atom. The number of hydrogen-bond donors (Lipinski definition) is 3. The molecule has 23 heavy (non-hydrogen) atoms. The number of hydrogen-bond acceptors (Lipinski definition) is 3. The molecule has 0 radical (unpaired) electrons. The molecule has 0 bridgehead atoms. The summed E-state index contributed by atoms with van der Waals surface area (Å²) in [5.41, 5.74) is 2.69. The minimum Gasteiger partial charge on any atom is -0.376 e. The van der Waals surface area contributed by atoms with Crippen molar-refractivity contribution in [3.8, 4) is 0 Å². The third-order valence-corrected chi connectivity index (χ3v) is 3.42. The van der Waals surface area contributed by atoms with Crippen LogP contribution in [0.1, 0.15) is 11.1 Å². The second kappa shape index (κ2) is 8.19. The number of nitrogens with one attached hydrogen (secondary N) is 3. The summed E-state index contributed by atoms with van der Waals surface area (Å²) in [4.78, 5) is 23.4. The van der Waals surface area contributed by atoms with Gasteiger partial charge in [0.25, 0.3) is 0 Å². The Hall–Kier alpha value is -2.53. The van der Waals surface area contributed by atoms with E-state index in [-0.39, 0.29) is 6.54 Å². The number of halogens is 1. The van der Waals surface area contributed by atoms with Gasteiger partial charge in [0.15, 0.2) is 0 Å².